The second-order valence-electron chi connectivity index (χ2n) is 6.59. The molecule has 8 heteroatoms. The summed E-state index contributed by atoms with van der Waals surface area (Å²) in [6.07, 6.45) is 4.22. The van der Waals surface area contributed by atoms with Crippen molar-refractivity contribution in [1.82, 2.24) is 19.6 Å². The lowest BCUT2D eigenvalue weighted by atomic mass is 10.1. The highest BCUT2D eigenvalue weighted by atomic mass is 19.1. The molecule has 1 aliphatic heterocycles. The molecule has 0 radical (unpaired) electrons. The van der Waals surface area contributed by atoms with E-state index >= 15 is 0 Å². The number of pyridine rings is 1. The van der Waals surface area contributed by atoms with Gasteiger partial charge in [-0.05, 0) is 41.8 Å². The molecule has 7 nitrogen and oxygen atoms in total. The largest absolute Gasteiger partial charge is 0.346 e. The fraction of sp³-hybridized carbons (Fsp3) is 0.200. The summed E-state index contributed by atoms with van der Waals surface area (Å²) in [7, 11) is 0. The number of amides is 1. The number of aromatic nitrogens is 2. The Kier molecular flexibility index (Phi) is 4.38. The summed E-state index contributed by atoms with van der Waals surface area (Å²) < 4.78 is 16.1. The van der Waals surface area contributed by atoms with Crippen LogP contribution in [0.4, 0.5) is 4.39 Å². The Balaban J connectivity index is 1.63. The van der Waals surface area contributed by atoms with E-state index in [1.54, 1.807) is 41.4 Å². The third-order valence-electron chi connectivity index (χ3n) is 4.77. The second-order valence-corrected chi connectivity index (χ2v) is 6.59. The molecular weight excluding hydrogens is 359 g/mol. The zero-order valence-corrected chi connectivity index (χ0v) is 14.8. The molecule has 1 fully saturated rings. The van der Waals surface area contributed by atoms with Gasteiger partial charge >= 0.3 is 0 Å². The fourth-order valence-electron chi connectivity index (χ4n) is 3.32. The molecule has 4 rings (SSSR count). The van der Waals surface area contributed by atoms with E-state index < -0.39 is 11.9 Å². The van der Waals surface area contributed by atoms with Gasteiger partial charge in [-0.1, -0.05) is 12.1 Å². The van der Waals surface area contributed by atoms with Gasteiger partial charge in [0.2, 0.25) is 5.95 Å². The van der Waals surface area contributed by atoms with Gasteiger partial charge in [-0.15, -0.1) is 0 Å². The Hall–Kier alpha value is -3.91. The number of nitriles is 2. The molecule has 0 bridgehead atoms. The van der Waals surface area contributed by atoms with Gasteiger partial charge < -0.3 is 10.2 Å². The number of hydrogen-bond donors (Lipinski definition) is 1. The number of nitrogens with one attached hydrogen (secondary N) is 1. The Morgan fingerprint density at radius 1 is 1.25 bits per heavy atom. The maximum Gasteiger partial charge on any atom is 0.274 e. The van der Waals surface area contributed by atoms with Gasteiger partial charge in [0.25, 0.3) is 5.91 Å². The lowest BCUT2D eigenvalue weighted by molar-refractivity contribution is 0.0929. The average Bonchev–Trinajstić information content (AvgIpc) is 3.32. The Labute approximate surface area is 160 Å². The molecule has 1 amide bonds. The van der Waals surface area contributed by atoms with Gasteiger partial charge in [0.1, 0.15) is 5.65 Å². The number of carbonyl (C=O) groups excluding carboxylic acids is 1. The zero-order valence-electron chi connectivity index (χ0n) is 14.8. The summed E-state index contributed by atoms with van der Waals surface area (Å²) in [6.45, 7) is 0.983. The first kappa shape index (κ1) is 17.5. The van der Waals surface area contributed by atoms with Crippen LogP contribution in [0.1, 0.15) is 22.5 Å². The van der Waals surface area contributed by atoms with Crippen molar-refractivity contribution in [3.63, 3.8) is 0 Å². The molecule has 0 aliphatic carbocycles. The van der Waals surface area contributed by atoms with Crippen molar-refractivity contribution >= 4 is 11.6 Å². The molecule has 1 aromatic carbocycles. The molecular formula is C20H15FN6O. The van der Waals surface area contributed by atoms with Crippen LogP contribution in [0, 0.1) is 28.7 Å². The average molecular weight is 374 g/mol. The van der Waals surface area contributed by atoms with Crippen LogP contribution in [0.25, 0.3) is 16.8 Å². The second kappa shape index (κ2) is 7.01. The summed E-state index contributed by atoms with van der Waals surface area (Å²) in [5.41, 5.74) is 2.01. The number of halogens is 1. The number of hydrogen-bond acceptors (Lipinski definition) is 5. The number of nitrogens with zero attached hydrogens (tertiary/aromatic N) is 5. The molecule has 0 unspecified atom stereocenters. The zero-order chi connectivity index (χ0) is 19.7. The summed E-state index contributed by atoms with van der Waals surface area (Å²) >= 11 is 0. The molecule has 2 aromatic heterocycles. The van der Waals surface area contributed by atoms with Crippen molar-refractivity contribution in [2.45, 2.75) is 12.5 Å². The van der Waals surface area contributed by atoms with Gasteiger partial charge in [-0.25, -0.2) is 4.98 Å². The van der Waals surface area contributed by atoms with E-state index in [4.69, 9.17) is 10.5 Å². The van der Waals surface area contributed by atoms with Crippen LogP contribution in [-0.4, -0.2) is 39.3 Å². The molecule has 3 heterocycles. The number of rotatable bonds is 3. The SMILES string of the molecule is N#Cc1cccc(-c2ccc3nc(C(=O)N[C@@H]4CCN(C#N)C4)c(F)n3c2)c1. The molecule has 1 saturated heterocycles. The number of carbonyl (C=O) groups is 1. The van der Waals surface area contributed by atoms with Crippen LogP contribution in [0.3, 0.4) is 0 Å². The molecule has 1 atom stereocenters. The maximum atomic E-state index is 14.9. The lowest BCUT2D eigenvalue weighted by Crippen LogP contribution is -2.37. The van der Waals surface area contributed by atoms with Gasteiger partial charge in [-0.3, -0.25) is 9.20 Å². The predicted molar refractivity (Wildman–Crippen MR) is 98.4 cm³/mol. The first-order chi connectivity index (χ1) is 13.6. The molecule has 0 spiro atoms. The van der Waals surface area contributed by atoms with Gasteiger partial charge in [0, 0.05) is 25.3 Å². The molecule has 1 aliphatic rings. The summed E-state index contributed by atoms with van der Waals surface area (Å²) in [6, 6.07) is 12.2. The Morgan fingerprint density at radius 2 is 2.11 bits per heavy atom. The van der Waals surface area contributed by atoms with Crippen LogP contribution in [-0.2, 0) is 0 Å². The van der Waals surface area contributed by atoms with Crippen LogP contribution in [0.5, 0.6) is 0 Å². The van der Waals surface area contributed by atoms with Crippen LogP contribution in [0.2, 0.25) is 0 Å². The highest BCUT2D eigenvalue weighted by Crippen LogP contribution is 2.23. The summed E-state index contributed by atoms with van der Waals surface area (Å²) in [5, 5.41) is 20.7. The van der Waals surface area contributed by atoms with Crippen molar-refractivity contribution < 1.29 is 9.18 Å². The number of benzene rings is 1. The standard InChI is InChI=1S/C20H15FN6O/c21-19-18(20(28)24-16-6-7-26(11-16)12-23)25-17-5-4-15(10-27(17)19)14-3-1-2-13(8-14)9-22/h1-5,8,10,16H,6-7,11H2,(H,24,28)/t16-/m1/s1. The summed E-state index contributed by atoms with van der Waals surface area (Å²) in [4.78, 5) is 18.1. The van der Waals surface area contributed by atoms with E-state index in [0.29, 0.717) is 36.3 Å². The van der Waals surface area contributed by atoms with Crippen molar-refractivity contribution in [3.8, 4) is 23.4 Å². The van der Waals surface area contributed by atoms with Crippen molar-refractivity contribution in [3.05, 3.63) is 59.8 Å². The topological polar surface area (TPSA) is 97.2 Å². The van der Waals surface area contributed by atoms with Crippen LogP contribution in [0.15, 0.2) is 42.6 Å². The van der Waals surface area contributed by atoms with Crippen LogP contribution < -0.4 is 5.32 Å². The van der Waals surface area contributed by atoms with Crippen molar-refractivity contribution in [2.24, 2.45) is 0 Å². The predicted octanol–water partition coefficient (Wildman–Crippen LogP) is 2.30. The van der Waals surface area contributed by atoms with E-state index in [9.17, 15) is 9.18 Å². The van der Waals surface area contributed by atoms with Crippen molar-refractivity contribution in [2.75, 3.05) is 13.1 Å². The maximum absolute atomic E-state index is 14.9. The molecule has 1 N–H and O–H groups in total. The lowest BCUT2D eigenvalue weighted by Gasteiger charge is -2.10. The number of imidazole rings is 1. The minimum absolute atomic E-state index is 0.208. The highest BCUT2D eigenvalue weighted by Gasteiger charge is 2.26. The molecule has 28 heavy (non-hydrogen) atoms. The van der Waals surface area contributed by atoms with Gasteiger partial charge in [0.15, 0.2) is 11.9 Å². The quantitative estimate of drug-likeness (QED) is 0.710. The third-order valence-corrected chi connectivity index (χ3v) is 4.77. The first-order valence-electron chi connectivity index (χ1n) is 8.72. The van der Waals surface area contributed by atoms with E-state index in [1.807, 2.05) is 12.3 Å². The number of fused-ring (bicyclic) bond motifs is 1. The monoisotopic (exact) mass is 374 g/mol. The Bertz CT molecular complexity index is 1160. The third kappa shape index (κ3) is 3.12. The fourth-order valence-corrected chi connectivity index (χ4v) is 3.32. The van der Waals surface area contributed by atoms with E-state index in [0.717, 1.165) is 5.56 Å². The smallest absolute Gasteiger partial charge is 0.274 e. The molecule has 3 aromatic rings. The summed E-state index contributed by atoms with van der Waals surface area (Å²) in [5.74, 6) is -1.35. The minimum Gasteiger partial charge on any atom is -0.346 e. The van der Waals surface area contributed by atoms with Crippen LogP contribution >= 0.6 is 0 Å². The van der Waals surface area contributed by atoms with E-state index in [2.05, 4.69) is 16.4 Å². The minimum atomic E-state index is -0.749. The molecule has 0 saturated carbocycles. The van der Waals surface area contributed by atoms with Crippen molar-refractivity contribution in [1.29, 1.82) is 10.5 Å². The first-order valence-corrected chi connectivity index (χ1v) is 8.72. The normalized spacial score (nSPS) is 16.0. The van der Waals surface area contributed by atoms with Gasteiger partial charge in [0.05, 0.1) is 11.6 Å². The van der Waals surface area contributed by atoms with E-state index in [1.165, 1.54) is 4.40 Å². The highest BCUT2D eigenvalue weighted by molar-refractivity contribution is 5.93. The van der Waals surface area contributed by atoms with Gasteiger partial charge in [-0.2, -0.15) is 14.9 Å². The van der Waals surface area contributed by atoms with E-state index in [-0.39, 0.29) is 11.7 Å². The Morgan fingerprint density at radius 3 is 2.86 bits per heavy atom. The molecule has 138 valence electrons. The number of likely N-dealkylation sites (tertiary alicyclic amines) is 1.